The van der Waals surface area contributed by atoms with Gasteiger partial charge in [-0.25, -0.2) is 0 Å². The molecule has 0 saturated carbocycles. The molecule has 3 rings (SSSR count). The van der Waals surface area contributed by atoms with Crippen molar-refractivity contribution in [2.45, 2.75) is 26.3 Å². The summed E-state index contributed by atoms with van der Waals surface area (Å²) >= 11 is 0. The van der Waals surface area contributed by atoms with E-state index in [9.17, 15) is 4.79 Å². The fourth-order valence-corrected chi connectivity index (χ4v) is 2.47. The molecule has 23 heavy (non-hydrogen) atoms. The number of hydrogen-bond acceptors (Lipinski definition) is 5. The van der Waals surface area contributed by atoms with Crippen molar-refractivity contribution in [1.82, 2.24) is 20.1 Å². The van der Waals surface area contributed by atoms with Crippen LogP contribution in [0.4, 0.5) is 0 Å². The Bertz CT molecular complexity index is 823. The Morgan fingerprint density at radius 2 is 2.13 bits per heavy atom. The minimum absolute atomic E-state index is 0.0397. The van der Waals surface area contributed by atoms with Crippen LogP contribution in [0.2, 0.25) is 0 Å². The van der Waals surface area contributed by atoms with E-state index >= 15 is 0 Å². The Morgan fingerprint density at radius 3 is 2.96 bits per heavy atom. The summed E-state index contributed by atoms with van der Waals surface area (Å²) in [6.07, 6.45) is 5.15. The van der Waals surface area contributed by atoms with Crippen LogP contribution in [0.25, 0.3) is 10.8 Å². The summed E-state index contributed by atoms with van der Waals surface area (Å²) in [4.78, 5) is 18.1. The molecule has 0 aliphatic carbocycles. The number of rotatable bonds is 5. The van der Waals surface area contributed by atoms with E-state index in [1.165, 1.54) is 0 Å². The van der Waals surface area contributed by atoms with Crippen molar-refractivity contribution in [3.63, 3.8) is 0 Å². The highest BCUT2D eigenvalue weighted by atomic mass is 16.4. The highest BCUT2D eigenvalue weighted by Gasteiger charge is 2.19. The van der Waals surface area contributed by atoms with Gasteiger partial charge in [0.2, 0.25) is 5.89 Å². The maximum atomic E-state index is 12.4. The zero-order chi connectivity index (χ0) is 16.2. The monoisotopic (exact) mass is 310 g/mol. The molecule has 0 fully saturated rings. The number of amides is 1. The van der Waals surface area contributed by atoms with E-state index in [1.54, 1.807) is 18.1 Å². The molecule has 0 radical (unpaired) electrons. The normalized spacial score (nSPS) is 10.9. The topological polar surface area (TPSA) is 72.1 Å². The lowest BCUT2D eigenvalue weighted by molar-refractivity contribution is 0.0744. The molecule has 0 N–H and O–H groups in total. The van der Waals surface area contributed by atoms with E-state index in [0.29, 0.717) is 18.9 Å². The predicted octanol–water partition coefficient (Wildman–Crippen LogP) is 2.84. The number of aromatic nitrogens is 3. The van der Waals surface area contributed by atoms with Crippen molar-refractivity contribution < 1.29 is 9.21 Å². The first-order chi connectivity index (χ1) is 11.2. The molecule has 0 saturated heterocycles. The molecule has 0 unspecified atom stereocenters. The number of carbonyl (C=O) groups excluding carboxylic acids is 1. The number of hydrogen-bond donors (Lipinski definition) is 0. The van der Waals surface area contributed by atoms with E-state index in [0.717, 1.165) is 22.8 Å². The van der Waals surface area contributed by atoms with Gasteiger partial charge in [-0.15, -0.1) is 10.2 Å². The summed E-state index contributed by atoms with van der Waals surface area (Å²) in [5.74, 6) is 0.268. The smallest absolute Gasteiger partial charge is 0.311 e. The van der Waals surface area contributed by atoms with Crippen molar-refractivity contribution >= 4 is 16.7 Å². The first-order valence-electron chi connectivity index (χ1n) is 7.58. The van der Waals surface area contributed by atoms with Gasteiger partial charge in [-0.05, 0) is 23.4 Å². The van der Waals surface area contributed by atoms with Crippen LogP contribution in [-0.2, 0) is 13.0 Å². The minimum Gasteiger partial charge on any atom is -0.417 e. The van der Waals surface area contributed by atoms with Gasteiger partial charge in [0.1, 0.15) is 0 Å². The first-order valence-corrected chi connectivity index (χ1v) is 7.58. The minimum atomic E-state index is -0.272. The third-order valence-corrected chi connectivity index (χ3v) is 3.64. The molecule has 2 heterocycles. The van der Waals surface area contributed by atoms with Gasteiger partial charge < -0.3 is 9.32 Å². The fourth-order valence-electron chi connectivity index (χ4n) is 2.47. The van der Waals surface area contributed by atoms with Crippen LogP contribution in [0.15, 0.2) is 41.1 Å². The Kier molecular flexibility index (Phi) is 4.32. The lowest BCUT2D eigenvalue weighted by Gasteiger charge is -2.16. The highest BCUT2D eigenvalue weighted by molar-refractivity contribution is 5.90. The second-order valence-electron chi connectivity index (χ2n) is 5.43. The Labute approximate surface area is 134 Å². The van der Waals surface area contributed by atoms with Crippen LogP contribution in [0.5, 0.6) is 0 Å². The maximum Gasteiger partial charge on any atom is 0.311 e. The Balaban J connectivity index is 1.79. The molecule has 2 aromatic heterocycles. The van der Waals surface area contributed by atoms with Gasteiger partial charge in [0.15, 0.2) is 0 Å². The molecular weight excluding hydrogens is 292 g/mol. The summed E-state index contributed by atoms with van der Waals surface area (Å²) in [6.45, 7) is 2.48. The first kappa shape index (κ1) is 15.1. The van der Waals surface area contributed by atoms with Crippen molar-refractivity contribution in [3.8, 4) is 0 Å². The Hall–Kier alpha value is -2.76. The quantitative estimate of drug-likeness (QED) is 0.724. The third kappa shape index (κ3) is 3.21. The van der Waals surface area contributed by atoms with Crippen molar-refractivity contribution in [2.24, 2.45) is 0 Å². The fraction of sp³-hybridized carbons (Fsp3) is 0.294. The largest absolute Gasteiger partial charge is 0.417 e. The van der Waals surface area contributed by atoms with Gasteiger partial charge in [-0.2, -0.15) is 0 Å². The van der Waals surface area contributed by atoms with E-state index in [2.05, 4.69) is 15.2 Å². The van der Waals surface area contributed by atoms with Crippen LogP contribution >= 0.6 is 0 Å². The lowest BCUT2D eigenvalue weighted by atomic mass is 10.1. The van der Waals surface area contributed by atoms with Gasteiger partial charge in [0.05, 0.1) is 0 Å². The molecule has 1 aromatic carbocycles. The van der Waals surface area contributed by atoms with E-state index in [-0.39, 0.29) is 11.8 Å². The van der Waals surface area contributed by atoms with E-state index in [4.69, 9.17) is 4.42 Å². The van der Waals surface area contributed by atoms with E-state index in [1.807, 2.05) is 37.4 Å². The van der Waals surface area contributed by atoms with Gasteiger partial charge in [0, 0.05) is 37.8 Å². The van der Waals surface area contributed by atoms with Crippen LogP contribution in [0.3, 0.4) is 0 Å². The second kappa shape index (κ2) is 6.56. The summed E-state index contributed by atoms with van der Waals surface area (Å²) in [5.41, 5.74) is 1.05. The SMILES string of the molecule is CCCc1nnc(C(=O)N(C)Cc2cccc3cnccc23)o1. The van der Waals surface area contributed by atoms with Crippen molar-refractivity contribution in [2.75, 3.05) is 7.05 Å². The molecule has 6 nitrogen and oxygen atoms in total. The molecule has 3 aromatic rings. The summed E-state index contributed by atoms with van der Waals surface area (Å²) in [7, 11) is 1.73. The Morgan fingerprint density at radius 1 is 1.26 bits per heavy atom. The maximum absolute atomic E-state index is 12.4. The second-order valence-corrected chi connectivity index (χ2v) is 5.43. The molecule has 6 heteroatoms. The molecule has 0 bridgehead atoms. The van der Waals surface area contributed by atoms with Gasteiger partial charge in [-0.3, -0.25) is 9.78 Å². The molecule has 118 valence electrons. The average Bonchev–Trinajstić information content (AvgIpc) is 3.03. The highest BCUT2D eigenvalue weighted by Crippen LogP contribution is 2.19. The molecule has 1 amide bonds. The third-order valence-electron chi connectivity index (χ3n) is 3.64. The standard InChI is InChI=1S/C17H18N4O2/c1-3-5-15-19-20-16(23-15)17(22)21(2)11-13-7-4-6-12-10-18-9-8-14(12)13/h4,6-10H,3,5,11H2,1-2H3. The van der Waals surface area contributed by atoms with Crippen LogP contribution < -0.4 is 0 Å². The van der Waals surface area contributed by atoms with Crippen LogP contribution in [-0.4, -0.2) is 33.0 Å². The van der Waals surface area contributed by atoms with E-state index < -0.39 is 0 Å². The lowest BCUT2D eigenvalue weighted by Crippen LogP contribution is -2.26. The van der Waals surface area contributed by atoms with Gasteiger partial charge >= 0.3 is 11.8 Å². The molecular formula is C17H18N4O2. The average molecular weight is 310 g/mol. The molecule has 0 atom stereocenters. The van der Waals surface area contributed by atoms with Gasteiger partial charge in [0.25, 0.3) is 0 Å². The van der Waals surface area contributed by atoms with Crippen molar-refractivity contribution in [1.29, 1.82) is 0 Å². The van der Waals surface area contributed by atoms with Crippen LogP contribution in [0.1, 0.15) is 35.5 Å². The number of fused-ring (bicyclic) bond motifs is 1. The summed E-state index contributed by atoms with van der Waals surface area (Å²) in [5, 5.41) is 9.87. The number of nitrogens with zero attached hydrogens (tertiary/aromatic N) is 4. The van der Waals surface area contributed by atoms with Crippen molar-refractivity contribution in [3.05, 3.63) is 54.0 Å². The van der Waals surface area contributed by atoms with Crippen LogP contribution in [0, 0.1) is 0 Å². The molecule has 0 aliphatic rings. The number of aryl methyl sites for hydroxylation is 1. The number of benzene rings is 1. The zero-order valence-corrected chi connectivity index (χ0v) is 13.2. The number of carbonyl (C=O) groups is 1. The predicted molar refractivity (Wildman–Crippen MR) is 85.8 cm³/mol. The molecule has 0 spiro atoms. The summed E-state index contributed by atoms with van der Waals surface area (Å²) < 4.78 is 5.41. The zero-order valence-electron chi connectivity index (χ0n) is 13.2. The summed E-state index contributed by atoms with van der Waals surface area (Å²) in [6, 6.07) is 7.92. The molecule has 0 aliphatic heterocycles. The van der Waals surface area contributed by atoms with Gasteiger partial charge in [-0.1, -0.05) is 25.1 Å². The number of pyridine rings is 1.